The largest absolute Gasteiger partial charge is 0.359 e. The molecule has 0 saturated carbocycles. The van der Waals surface area contributed by atoms with Crippen molar-refractivity contribution in [2.75, 3.05) is 0 Å². The molecule has 2 atom stereocenters. The van der Waals surface area contributed by atoms with Gasteiger partial charge in [-0.1, -0.05) is 49.8 Å². The Kier molecular flexibility index (Phi) is 3.91. The molecular formula is C22H28O2. The van der Waals surface area contributed by atoms with Gasteiger partial charge in [-0.3, -0.25) is 4.79 Å². The zero-order chi connectivity index (χ0) is 16.8. The molecular weight excluding hydrogens is 296 g/mol. The van der Waals surface area contributed by atoms with E-state index in [9.17, 15) is 4.79 Å². The van der Waals surface area contributed by atoms with Gasteiger partial charge in [0.2, 0.25) is 0 Å². The predicted molar refractivity (Wildman–Crippen MR) is 95.9 cm³/mol. The van der Waals surface area contributed by atoms with Gasteiger partial charge in [0.25, 0.3) is 0 Å². The van der Waals surface area contributed by atoms with Crippen LogP contribution in [0.15, 0.2) is 41.5 Å². The van der Waals surface area contributed by atoms with Gasteiger partial charge in [0, 0.05) is 11.8 Å². The Labute approximate surface area is 145 Å². The quantitative estimate of drug-likeness (QED) is 0.727. The van der Waals surface area contributed by atoms with E-state index in [1.54, 1.807) is 5.57 Å². The lowest BCUT2D eigenvalue weighted by molar-refractivity contribution is -0.176. The fourth-order valence-electron chi connectivity index (χ4n) is 5.21. The van der Waals surface area contributed by atoms with Gasteiger partial charge in [-0.05, 0) is 56.1 Å². The minimum absolute atomic E-state index is 0.107. The first kappa shape index (κ1) is 16.1. The fraction of sp³-hybridized carbons (Fsp3) is 0.591. The van der Waals surface area contributed by atoms with Gasteiger partial charge in [-0.25, -0.2) is 0 Å². The summed E-state index contributed by atoms with van der Waals surface area (Å²) in [6, 6.07) is 10.6. The SMILES string of the molecule is CC1(C)C2=C(CCC2)[C@]2(CCCc3ccccc3)O[C@H]1CCC2=O. The smallest absolute Gasteiger partial charge is 0.168 e. The minimum atomic E-state index is -0.584. The molecule has 0 aromatic heterocycles. The van der Waals surface area contributed by atoms with Crippen LogP contribution in [0.25, 0.3) is 0 Å². The van der Waals surface area contributed by atoms with Crippen LogP contribution in [0.3, 0.4) is 0 Å². The molecule has 0 radical (unpaired) electrons. The Morgan fingerprint density at radius 1 is 1.08 bits per heavy atom. The molecule has 0 N–H and O–H groups in total. The van der Waals surface area contributed by atoms with Crippen molar-refractivity contribution in [3.05, 3.63) is 47.0 Å². The molecule has 1 fully saturated rings. The monoisotopic (exact) mass is 324 g/mol. The van der Waals surface area contributed by atoms with E-state index in [-0.39, 0.29) is 11.5 Å². The summed E-state index contributed by atoms with van der Waals surface area (Å²) in [5.74, 6) is 0.344. The van der Waals surface area contributed by atoms with Crippen molar-refractivity contribution < 1.29 is 9.53 Å². The van der Waals surface area contributed by atoms with Gasteiger partial charge >= 0.3 is 0 Å². The maximum Gasteiger partial charge on any atom is 0.168 e. The Hall–Kier alpha value is -1.41. The molecule has 2 nitrogen and oxygen atoms in total. The van der Waals surface area contributed by atoms with Crippen LogP contribution in [-0.2, 0) is 16.0 Å². The number of Topliss-reactive ketones (excluding diaryl/α,β-unsaturated/α-hetero) is 1. The van der Waals surface area contributed by atoms with E-state index >= 15 is 0 Å². The lowest BCUT2D eigenvalue weighted by Crippen LogP contribution is -2.57. The Morgan fingerprint density at radius 3 is 2.62 bits per heavy atom. The molecule has 2 aliphatic heterocycles. The third-order valence-electron chi connectivity index (χ3n) is 6.55. The van der Waals surface area contributed by atoms with Crippen molar-refractivity contribution in [2.24, 2.45) is 5.41 Å². The highest BCUT2D eigenvalue weighted by Crippen LogP contribution is 2.56. The number of ether oxygens (including phenoxy) is 1. The molecule has 0 spiro atoms. The third-order valence-corrected chi connectivity index (χ3v) is 6.55. The lowest BCUT2D eigenvalue weighted by Gasteiger charge is -2.52. The normalized spacial score (nSPS) is 31.2. The topological polar surface area (TPSA) is 26.3 Å². The highest BCUT2D eigenvalue weighted by atomic mass is 16.5. The lowest BCUT2D eigenvalue weighted by atomic mass is 9.65. The Balaban J connectivity index is 1.61. The van der Waals surface area contributed by atoms with Gasteiger partial charge in [0.1, 0.15) is 5.60 Å². The van der Waals surface area contributed by atoms with E-state index in [1.165, 1.54) is 17.6 Å². The zero-order valence-corrected chi connectivity index (χ0v) is 14.9. The number of carbonyl (C=O) groups is 1. The standard InChI is InChI=1S/C22H28O2/c1-21(2)17-11-6-12-18(17)22(19(23)13-14-20(21)24-22)15-7-10-16-8-4-3-5-9-16/h3-5,8-9,20H,6-7,10-15H2,1-2H3/t20-,22-/m0/s1. The summed E-state index contributed by atoms with van der Waals surface area (Å²) in [5.41, 5.74) is 3.78. The first-order valence-corrected chi connectivity index (χ1v) is 9.52. The van der Waals surface area contributed by atoms with E-state index in [0.29, 0.717) is 12.2 Å². The van der Waals surface area contributed by atoms with Gasteiger partial charge in [0.15, 0.2) is 5.78 Å². The number of benzene rings is 1. The summed E-state index contributed by atoms with van der Waals surface area (Å²) in [6.45, 7) is 4.64. The van der Waals surface area contributed by atoms with Crippen molar-refractivity contribution in [2.45, 2.75) is 76.9 Å². The van der Waals surface area contributed by atoms with Crippen molar-refractivity contribution in [3.8, 4) is 0 Å². The zero-order valence-electron chi connectivity index (χ0n) is 14.9. The van der Waals surface area contributed by atoms with E-state index in [1.807, 2.05) is 0 Å². The fourth-order valence-corrected chi connectivity index (χ4v) is 5.21. The molecule has 0 amide bonds. The number of rotatable bonds is 4. The van der Waals surface area contributed by atoms with Gasteiger partial charge in [0.05, 0.1) is 6.10 Å². The van der Waals surface area contributed by atoms with Crippen LogP contribution in [0.2, 0.25) is 0 Å². The van der Waals surface area contributed by atoms with Crippen LogP contribution in [0, 0.1) is 5.41 Å². The second kappa shape index (κ2) is 5.84. The minimum Gasteiger partial charge on any atom is -0.359 e. The van der Waals surface area contributed by atoms with Crippen molar-refractivity contribution in [1.29, 1.82) is 0 Å². The number of hydrogen-bond acceptors (Lipinski definition) is 2. The van der Waals surface area contributed by atoms with Gasteiger partial charge in [-0.15, -0.1) is 0 Å². The van der Waals surface area contributed by atoms with E-state index in [0.717, 1.165) is 38.5 Å². The molecule has 3 aliphatic rings. The highest BCUT2D eigenvalue weighted by Gasteiger charge is 2.57. The predicted octanol–water partition coefficient (Wildman–Crippen LogP) is 5.02. The van der Waals surface area contributed by atoms with E-state index in [4.69, 9.17) is 4.74 Å². The molecule has 0 unspecified atom stereocenters. The average Bonchev–Trinajstić information content (AvgIpc) is 3.08. The van der Waals surface area contributed by atoms with E-state index in [2.05, 4.69) is 44.2 Å². The summed E-state index contributed by atoms with van der Waals surface area (Å²) in [7, 11) is 0. The van der Waals surface area contributed by atoms with Gasteiger partial charge < -0.3 is 4.74 Å². The molecule has 24 heavy (non-hydrogen) atoms. The molecule has 1 saturated heterocycles. The van der Waals surface area contributed by atoms with Gasteiger partial charge in [-0.2, -0.15) is 0 Å². The van der Waals surface area contributed by atoms with Crippen LogP contribution >= 0.6 is 0 Å². The van der Waals surface area contributed by atoms with Crippen LogP contribution < -0.4 is 0 Å². The highest BCUT2D eigenvalue weighted by molar-refractivity contribution is 5.92. The van der Waals surface area contributed by atoms with Crippen LogP contribution in [0.1, 0.15) is 64.4 Å². The summed E-state index contributed by atoms with van der Waals surface area (Å²) < 4.78 is 6.58. The maximum absolute atomic E-state index is 13.0. The third kappa shape index (κ3) is 2.38. The molecule has 2 heteroatoms. The second-order valence-corrected chi connectivity index (χ2v) is 8.27. The second-order valence-electron chi connectivity index (χ2n) is 8.27. The summed E-state index contributed by atoms with van der Waals surface area (Å²) in [5, 5.41) is 0. The van der Waals surface area contributed by atoms with Crippen molar-refractivity contribution in [3.63, 3.8) is 0 Å². The molecule has 2 heterocycles. The molecule has 128 valence electrons. The Bertz CT molecular complexity index is 670. The Morgan fingerprint density at radius 2 is 1.83 bits per heavy atom. The summed E-state index contributed by atoms with van der Waals surface area (Å²) in [4.78, 5) is 13.0. The number of aryl methyl sites for hydroxylation is 1. The average molecular weight is 324 g/mol. The number of ketones is 1. The summed E-state index contributed by atoms with van der Waals surface area (Å²) in [6.07, 6.45) is 8.10. The van der Waals surface area contributed by atoms with Crippen molar-refractivity contribution >= 4 is 5.78 Å². The number of carbonyl (C=O) groups excluding carboxylic acids is 1. The van der Waals surface area contributed by atoms with Crippen LogP contribution in [0.5, 0.6) is 0 Å². The molecule has 1 aromatic rings. The summed E-state index contributed by atoms with van der Waals surface area (Å²) >= 11 is 0. The number of fused-ring (bicyclic) bond motifs is 3. The molecule has 4 rings (SSSR count). The van der Waals surface area contributed by atoms with Crippen molar-refractivity contribution in [1.82, 2.24) is 0 Å². The first-order chi connectivity index (χ1) is 11.5. The van der Waals surface area contributed by atoms with E-state index < -0.39 is 5.60 Å². The number of hydrogen-bond donors (Lipinski definition) is 0. The van der Waals surface area contributed by atoms with Crippen LogP contribution in [0.4, 0.5) is 0 Å². The molecule has 1 aromatic carbocycles. The first-order valence-electron chi connectivity index (χ1n) is 9.52. The molecule has 2 bridgehead atoms. The maximum atomic E-state index is 13.0. The van der Waals surface area contributed by atoms with Crippen LogP contribution in [-0.4, -0.2) is 17.5 Å². The molecule has 1 aliphatic carbocycles.